The lowest BCUT2D eigenvalue weighted by molar-refractivity contribution is 0.0695. The molecule has 1 heterocycles. The van der Waals surface area contributed by atoms with Crippen LogP contribution in [0.5, 0.6) is 0 Å². The molecule has 1 aromatic heterocycles. The Morgan fingerprint density at radius 1 is 1.26 bits per heavy atom. The molecule has 2 aromatic rings. The molecule has 0 unspecified atom stereocenters. The van der Waals surface area contributed by atoms with Gasteiger partial charge in [-0.1, -0.05) is 0 Å². The van der Waals surface area contributed by atoms with Crippen molar-refractivity contribution in [3.63, 3.8) is 0 Å². The van der Waals surface area contributed by atoms with Crippen LogP contribution in [0, 0.1) is 6.92 Å². The van der Waals surface area contributed by atoms with Crippen molar-refractivity contribution in [3.8, 4) is 11.3 Å². The molecule has 4 heteroatoms. The number of carboxylic acids is 1. The summed E-state index contributed by atoms with van der Waals surface area (Å²) in [6.07, 6.45) is 0. The first kappa shape index (κ1) is 13.2. The molecule has 0 aliphatic carbocycles. The highest BCUT2D eigenvalue weighted by molar-refractivity contribution is 5.90. The van der Waals surface area contributed by atoms with Gasteiger partial charge in [-0.15, -0.1) is 0 Å². The molecule has 2 rings (SSSR count). The molecule has 0 aliphatic heterocycles. The van der Waals surface area contributed by atoms with Crippen LogP contribution in [0.25, 0.3) is 11.3 Å². The van der Waals surface area contributed by atoms with Gasteiger partial charge in [-0.25, -0.2) is 4.79 Å². The quantitative estimate of drug-likeness (QED) is 0.877. The number of hydrogen-bond donors (Lipinski definition) is 2. The zero-order chi connectivity index (χ0) is 14.0. The third-order valence-corrected chi connectivity index (χ3v) is 2.77. The van der Waals surface area contributed by atoms with E-state index < -0.39 is 5.97 Å². The fourth-order valence-electron chi connectivity index (χ4n) is 1.90. The molecule has 19 heavy (non-hydrogen) atoms. The van der Waals surface area contributed by atoms with Crippen LogP contribution in [0.15, 0.2) is 34.7 Å². The summed E-state index contributed by atoms with van der Waals surface area (Å²) in [4.78, 5) is 11.0. The summed E-state index contributed by atoms with van der Waals surface area (Å²) in [5, 5.41) is 12.3. The Bertz CT molecular complexity index is 582. The van der Waals surface area contributed by atoms with Crippen molar-refractivity contribution >= 4 is 11.7 Å². The number of carbonyl (C=O) groups is 1. The molecule has 0 aliphatic rings. The average molecular weight is 259 g/mol. The first-order valence-electron chi connectivity index (χ1n) is 6.18. The van der Waals surface area contributed by atoms with E-state index in [9.17, 15) is 4.79 Å². The van der Waals surface area contributed by atoms with Gasteiger partial charge < -0.3 is 14.8 Å². The number of hydrogen-bond acceptors (Lipinski definition) is 3. The van der Waals surface area contributed by atoms with Gasteiger partial charge in [-0.05, 0) is 51.1 Å². The largest absolute Gasteiger partial charge is 0.478 e. The SMILES string of the molecule is Cc1oc(-c2ccc(NC(C)C)cc2)cc1C(=O)O. The van der Waals surface area contributed by atoms with E-state index in [-0.39, 0.29) is 5.56 Å². The third-order valence-electron chi connectivity index (χ3n) is 2.77. The summed E-state index contributed by atoms with van der Waals surface area (Å²) in [5.41, 5.74) is 2.10. The second-order valence-corrected chi connectivity index (χ2v) is 4.76. The lowest BCUT2D eigenvalue weighted by Crippen LogP contribution is -2.09. The van der Waals surface area contributed by atoms with E-state index in [1.807, 2.05) is 24.3 Å². The third kappa shape index (κ3) is 2.96. The first-order chi connectivity index (χ1) is 8.97. The topological polar surface area (TPSA) is 62.5 Å². The van der Waals surface area contributed by atoms with Gasteiger partial charge >= 0.3 is 5.97 Å². The summed E-state index contributed by atoms with van der Waals surface area (Å²) in [6, 6.07) is 9.66. The second-order valence-electron chi connectivity index (χ2n) is 4.76. The van der Waals surface area contributed by atoms with Crippen LogP contribution in [0.4, 0.5) is 5.69 Å². The standard InChI is InChI=1S/C15H17NO3/c1-9(2)16-12-6-4-11(5-7-12)14-8-13(15(17)18)10(3)19-14/h4-9,16H,1-3H3,(H,17,18). The van der Waals surface area contributed by atoms with Gasteiger partial charge in [0, 0.05) is 17.3 Å². The number of anilines is 1. The van der Waals surface area contributed by atoms with Gasteiger partial charge in [0.05, 0.1) is 0 Å². The van der Waals surface area contributed by atoms with Gasteiger partial charge in [0.25, 0.3) is 0 Å². The minimum atomic E-state index is -0.967. The maximum absolute atomic E-state index is 11.0. The van der Waals surface area contributed by atoms with Crippen molar-refractivity contribution in [1.29, 1.82) is 0 Å². The smallest absolute Gasteiger partial charge is 0.339 e. The van der Waals surface area contributed by atoms with E-state index >= 15 is 0 Å². The summed E-state index contributed by atoms with van der Waals surface area (Å²) in [7, 11) is 0. The van der Waals surface area contributed by atoms with E-state index in [0.717, 1.165) is 11.3 Å². The molecule has 0 radical (unpaired) electrons. The van der Waals surface area contributed by atoms with E-state index in [1.54, 1.807) is 13.0 Å². The minimum absolute atomic E-state index is 0.208. The predicted molar refractivity (Wildman–Crippen MR) is 74.6 cm³/mol. The summed E-state index contributed by atoms with van der Waals surface area (Å²) in [5.74, 6) is 0.0310. The second kappa shape index (κ2) is 5.18. The molecule has 0 fully saturated rings. The maximum atomic E-state index is 11.0. The molecule has 0 amide bonds. The molecule has 0 saturated carbocycles. The molecule has 0 bridgehead atoms. The highest BCUT2D eigenvalue weighted by Gasteiger charge is 2.14. The van der Waals surface area contributed by atoms with E-state index in [2.05, 4.69) is 19.2 Å². The number of rotatable bonds is 4. The monoisotopic (exact) mass is 259 g/mol. The molecule has 0 saturated heterocycles. The van der Waals surface area contributed by atoms with Gasteiger partial charge in [0.2, 0.25) is 0 Å². The van der Waals surface area contributed by atoms with Crippen molar-refractivity contribution in [1.82, 2.24) is 0 Å². The summed E-state index contributed by atoms with van der Waals surface area (Å²) < 4.78 is 5.48. The zero-order valence-corrected chi connectivity index (χ0v) is 11.2. The van der Waals surface area contributed by atoms with Crippen LogP contribution >= 0.6 is 0 Å². The van der Waals surface area contributed by atoms with Gasteiger partial charge in [-0.3, -0.25) is 0 Å². The Balaban J connectivity index is 2.27. The Morgan fingerprint density at radius 3 is 2.37 bits per heavy atom. The highest BCUT2D eigenvalue weighted by atomic mass is 16.4. The number of carboxylic acid groups (broad SMARTS) is 1. The Morgan fingerprint density at radius 2 is 1.89 bits per heavy atom. The molecular formula is C15H17NO3. The number of nitrogens with one attached hydrogen (secondary N) is 1. The predicted octanol–water partition coefficient (Wildman–Crippen LogP) is 3.77. The van der Waals surface area contributed by atoms with Crippen molar-refractivity contribution in [2.24, 2.45) is 0 Å². The minimum Gasteiger partial charge on any atom is -0.478 e. The maximum Gasteiger partial charge on any atom is 0.339 e. The lowest BCUT2D eigenvalue weighted by atomic mass is 10.1. The number of benzene rings is 1. The van der Waals surface area contributed by atoms with Crippen LogP contribution in [0.3, 0.4) is 0 Å². The molecular weight excluding hydrogens is 242 g/mol. The van der Waals surface area contributed by atoms with Crippen LogP contribution in [0.1, 0.15) is 30.0 Å². The van der Waals surface area contributed by atoms with E-state index in [0.29, 0.717) is 17.6 Å². The van der Waals surface area contributed by atoms with Crippen molar-refractivity contribution in [3.05, 3.63) is 41.7 Å². The Hall–Kier alpha value is -2.23. The fourth-order valence-corrected chi connectivity index (χ4v) is 1.90. The molecule has 0 atom stereocenters. The van der Waals surface area contributed by atoms with Crippen molar-refractivity contribution < 1.29 is 14.3 Å². The van der Waals surface area contributed by atoms with E-state index in [4.69, 9.17) is 9.52 Å². The van der Waals surface area contributed by atoms with Gasteiger partial charge in [-0.2, -0.15) is 0 Å². The van der Waals surface area contributed by atoms with Crippen molar-refractivity contribution in [2.45, 2.75) is 26.8 Å². The Labute approximate surface area is 112 Å². The van der Waals surface area contributed by atoms with Crippen LogP contribution < -0.4 is 5.32 Å². The Kier molecular flexibility index (Phi) is 3.60. The molecule has 1 aromatic carbocycles. The lowest BCUT2D eigenvalue weighted by Gasteiger charge is -2.09. The normalized spacial score (nSPS) is 10.7. The van der Waals surface area contributed by atoms with Gasteiger partial charge in [0.1, 0.15) is 17.1 Å². The number of aromatic carboxylic acids is 1. The fraction of sp³-hybridized carbons (Fsp3) is 0.267. The number of aryl methyl sites for hydroxylation is 1. The molecule has 0 spiro atoms. The zero-order valence-electron chi connectivity index (χ0n) is 11.2. The summed E-state index contributed by atoms with van der Waals surface area (Å²) in [6.45, 7) is 5.80. The van der Waals surface area contributed by atoms with Crippen LogP contribution in [-0.2, 0) is 0 Å². The van der Waals surface area contributed by atoms with Crippen molar-refractivity contribution in [2.75, 3.05) is 5.32 Å². The highest BCUT2D eigenvalue weighted by Crippen LogP contribution is 2.26. The van der Waals surface area contributed by atoms with E-state index in [1.165, 1.54) is 0 Å². The molecule has 100 valence electrons. The summed E-state index contributed by atoms with van der Waals surface area (Å²) >= 11 is 0. The molecule has 2 N–H and O–H groups in total. The van der Waals surface area contributed by atoms with Gasteiger partial charge in [0.15, 0.2) is 0 Å². The number of furan rings is 1. The van der Waals surface area contributed by atoms with Crippen LogP contribution in [0.2, 0.25) is 0 Å². The molecule has 4 nitrogen and oxygen atoms in total. The van der Waals surface area contributed by atoms with Crippen LogP contribution in [-0.4, -0.2) is 17.1 Å². The average Bonchev–Trinajstić information content (AvgIpc) is 2.71. The first-order valence-corrected chi connectivity index (χ1v) is 6.18.